The molecule has 1 aliphatic rings. The molecule has 1 aliphatic heterocycles. The van der Waals surface area contributed by atoms with Gasteiger partial charge in [0.05, 0.1) is 0 Å². The zero-order chi connectivity index (χ0) is 20.5. The van der Waals surface area contributed by atoms with Gasteiger partial charge >= 0.3 is 0 Å². The van der Waals surface area contributed by atoms with Crippen molar-refractivity contribution >= 4 is 17.5 Å². The quantitative estimate of drug-likeness (QED) is 0.836. The number of anilines is 1. The number of aryl methyl sites for hydroxylation is 1. The van der Waals surface area contributed by atoms with E-state index in [1.807, 2.05) is 43.5 Å². The molecular formula is C23H30N4O2. The molecule has 1 aromatic carbocycles. The van der Waals surface area contributed by atoms with Crippen LogP contribution in [0.4, 0.5) is 5.69 Å². The fraction of sp³-hybridized carbons (Fsp3) is 0.435. The fourth-order valence-electron chi connectivity index (χ4n) is 3.60. The van der Waals surface area contributed by atoms with Crippen LogP contribution in [0.5, 0.6) is 0 Å². The standard InChI is InChI=1S/C23H30N4O2/c1-18-6-8-21(9-7-18)26-23(29)20-5-3-14-27(15-11-22(28)25-13-10-20)17-19-4-2-12-24-16-19/h2,4,6-9,12,16,20H,3,5,10-11,13-15,17H2,1H3,(H,25,28)(H,26,29). The van der Waals surface area contributed by atoms with E-state index in [-0.39, 0.29) is 17.7 Å². The van der Waals surface area contributed by atoms with Gasteiger partial charge in [0.25, 0.3) is 0 Å². The molecule has 1 aromatic heterocycles. The number of aromatic nitrogens is 1. The number of nitrogens with zero attached hydrogens (tertiary/aromatic N) is 2. The molecule has 0 saturated carbocycles. The normalized spacial score (nSPS) is 19.1. The summed E-state index contributed by atoms with van der Waals surface area (Å²) in [5.74, 6) is -0.0446. The van der Waals surface area contributed by atoms with E-state index in [2.05, 4.69) is 26.6 Å². The molecule has 1 atom stereocenters. The van der Waals surface area contributed by atoms with E-state index in [0.29, 0.717) is 25.9 Å². The molecule has 6 heteroatoms. The molecular weight excluding hydrogens is 364 g/mol. The van der Waals surface area contributed by atoms with Crippen LogP contribution in [0.3, 0.4) is 0 Å². The molecule has 29 heavy (non-hydrogen) atoms. The number of hydrogen-bond donors (Lipinski definition) is 2. The van der Waals surface area contributed by atoms with Crippen LogP contribution in [0, 0.1) is 12.8 Å². The van der Waals surface area contributed by atoms with Gasteiger partial charge in [-0.3, -0.25) is 19.5 Å². The van der Waals surface area contributed by atoms with E-state index in [0.717, 1.165) is 42.7 Å². The van der Waals surface area contributed by atoms with Gasteiger partial charge in [0.15, 0.2) is 0 Å². The zero-order valence-electron chi connectivity index (χ0n) is 17.1. The van der Waals surface area contributed by atoms with Crippen LogP contribution in [-0.2, 0) is 16.1 Å². The molecule has 154 valence electrons. The minimum absolute atomic E-state index is 0.0289. The van der Waals surface area contributed by atoms with Crippen molar-refractivity contribution in [2.24, 2.45) is 5.92 Å². The summed E-state index contributed by atoms with van der Waals surface area (Å²) in [4.78, 5) is 31.4. The van der Waals surface area contributed by atoms with Gasteiger partial charge in [-0.2, -0.15) is 0 Å². The average molecular weight is 395 g/mol. The molecule has 0 spiro atoms. The summed E-state index contributed by atoms with van der Waals surface area (Å²) in [5.41, 5.74) is 3.11. The molecule has 1 unspecified atom stereocenters. The predicted molar refractivity (Wildman–Crippen MR) is 114 cm³/mol. The minimum Gasteiger partial charge on any atom is -0.356 e. The van der Waals surface area contributed by atoms with Gasteiger partial charge < -0.3 is 10.6 Å². The van der Waals surface area contributed by atoms with Gasteiger partial charge in [0.1, 0.15) is 0 Å². The molecule has 6 nitrogen and oxygen atoms in total. The monoisotopic (exact) mass is 394 g/mol. The third kappa shape index (κ3) is 6.98. The van der Waals surface area contributed by atoms with Gasteiger partial charge in [0.2, 0.25) is 11.8 Å². The Morgan fingerprint density at radius 1 is 1.21 bits per heavy atom. The first kappa shape index (κ1) is 21.0. The first-order chi connectivity index (χ1) is 14.1. The van der Waals surface area contributed by atoms with Crippen LogP contribution in [0.1, 0.15) is 36.8 Å². The summed E-state index contributed by atoms with van der Waals surface area (Å²) in [5, 5.41) is 5.99. The van der Waals surface area contributed by atoms with E-state index in [9.17, 15) is 9.59 Å². The third-order valence-corrected chi connectivity index (χ3v) is 5.32. The number of nitrogens with one attached hydrogen (secondary N) is 2. The molecule has 1 fully saturated rings. The van der Waals surface area contributed by atoms with Crippen molar-refractivity contribution in [2.45, 2.75) is 39.2 Å². The van der Waals surface area contributed by atoms with Crippen molar-refractivity contribution in [1.29, 1.82) is 0 Å². The van der Waals surface area contributed by atoms with Crippen LogP contribution in [0.2, 0.25) is 0 Å². The second kappa shape index (κ2) is 10.7. The summed E-state index contributed by atoms with van der Waals surface area (Å²) in [6, 6.07) is 11.8. The molecule has 2 heterocycles. The molecule has 3 rings (SSSR count). The number of carbonyl (C=O) groups is 2. The SMILES string of the molecule is Cc1ccc(NC(=O)C2CCCN(Cc3cccnc3)CCC(=O)NCC2)cc1. The number of rotatable bonds is 4. The van der Waals surface area contributed by atoms with Gasteiger partial charge in [-0.25, -0.2) is 0 Å². The van der Waals surface area contributed by atoms with Crippen molar-refractivity contribution in [3.63, 3.8) is 0 Å². The zero-order valence-corrected chi connectivity index (χ0v) is 17.1. The van der Waals surface area contributed by atoms with Crippen molar-refractivity contribution in [1.82, 2.24) is 15.2 Å². The Morgan fingerprint density at radius 2 is 2.03 bits per heavy atom. The minimum atomic E-state index is -0.116. The van der Waals surface area contributed by atoms with Gasteiger partial charge in [-0.1, -0.05) is 23.8 Å². The number of hydrogen-bond acceptors (Lipinski definition) is 4. The van der Waals surface area contributed by atoms with Gasteiger partial charge in [-0.15, -0.1) is 0 Å². The number of pyridine rings is 1. The molecule has 1 saturated heterocycles. The van der Waals surface area contributed by atoms with Crippen LogP contribution < -0.4 is 10.6 Å². The highest BCUT2D eigenvalue weighted by Crippen LogP contribution is 2.17. The molecule has 0 bridgehead atoms. The lowest BCUT2D eigenvalue weighted by Gasteiger charge is -2.22. The number of carbonyl (C=O) groups excluding carboxylic acids is 2. The van der Waals surface area contributed by atoms with E-state index < -0.39 is 0 Å². The highest BCUT2D eigenvalue weighted by Gasteiger charge is 2.20. The van der Waals surface area contributed by atoms with Gasteiger partial charge in [-0.05, 0) is 56.5 Å². The molecule has 2 N–H and O–H groups in total. The smallest absolute Gasteiger partial charge is 0.227 e. The Kier molecular flexibility index (Phi) is 7.76. The first-order valence-corrected chi connectivity index (χ1v) is 10.4. The van der Waals surface area contributed by atoms with Crippen molar-refractivity contribution in [3.05, 3.63) is 59.9 Å². The molecule has 2 amide bonds. The summed E-state index contributed by atoms with van der Waals surface area (Å²) in [6.45, 7) is 4.89. The van der Waals surface area contributed by atoms with E-state index in [4.69, 9.17) is 0 Å². The summed E-state index contributed by atoms with van der Waals surface area (Å²) in [7, 11) is 0. The van der Waals surface area contributed by atoms with Crippen molar-refractivity contribution < 1.29 is 9.59 Å². The topological polar surface area (TPSA) is 74.3 Å². The van der Waals surface area contributed by atoms with Gasteiger partial charge in [0, 0.05) is 50.1 Å². The first-order valence-electron chi connectivity index (χ1n) is 10.4. The van der Waals surface area contributed by atoms with E-state index in [1.165, 1.54) is 0 Å². The van der Waals surface area contributed by atoms with Crippen molar-refractivity contribution in [3.8, 4) is 0 Å². The highest BCUT2D eigenvalue weighted by molar-refractivity contribution is 5.92. The molecule has 2 aromatic rings. The molecule has 0 radical (unpaired) electrons. The third-order valence-electron chi connectivity index (χ3n) is 5.32. The lowest BCUT2D eigenvalue weighted by Crippen LogP contribution is -2.31. The largest absolute Gasteiger partial charge is 0.356 e. The summed E-state index contributed by atoms with van der Waals surface area (Å²) >= 11 is 0. The van der Waals surface area contributed by atoms with Crippen molar-refractivity contribution in [2.75, 3.05) is 25.0 Å². The molecule has 0 aliphatic carbocycles. The average Bonchev–Trinajstić information content (AvgIpc) is 2.76. The summed E-state index contributed by atoms with van der Waals surface area (Å²) in [6.07, 6.45) is 6.48. The Bertz CT molecular complexity index is 792. The maximum Gasteiger partial charge on any atom is 0.227 e. The van der Waals surface area contributed by atoms with E-state index in [1.54, 1.807) is 6.20 Å². The second-order valence-corrected chi connectivity index (χ2v) is 7.72. The fourth-order valence-corrected chi connectivity index (χ4v) is 3.60. The number of amides is 2. The van der Waals surface area contributed by atoms with Crippen LogP contribution in [0.15, 0.2) is 48.8 Å². The maximum absolute atomic E-state index is 12.8. The predicted octanol–water partition coefficient (Wildman–Crippen LogP) is 3.14. The lowest BCUT2D eigenvalue weighted by atomic mass is 9.97. The Morgan fingerprint density at radius 3 is 2.79 bits per heavy atom. The van der Waals surface area contributed by atoms with Crippen LogP contribution in [0.25, 0.3) is 0 Å². The Hall–Kier alpha value is -2.73. The Labute approximate surface area is 172 Å². The summed E-state index contributed by atoms with van der Waals surface area (Å²) < 4.78 is 0. The van der Waals surface area contributed by atoms with E-state index >= 15 is 0 Å². The van der Waals surface area contributed by atoms with Crippen LogP contribution in [-0.4, -0.2) is 41.3 Å². The highest BCUT2D eigenvalue weighted by atomic mass is 16.2. The Balaban J connectivity index is 1.60. The lowest BCUT2D eigenvalue weighted by molar-refractivity contribution is -0.122. The maximum atomic E-state index is 12.8. The number of benzene rings is 1. The van der Waals surface area contributed by atoms with Crippen LogP contribution >= 0.6 is 0 Å². The second-order valence-electron chi connectivity index (χ2n) is 7.72.